The molecule has 1 fully saturated rings. The molecule has 1 aromatic carbocycles. The Morgan fingerprint density at radius 1 is 1.30 bits per heavy atom. The first-order valence-corrected chi connectivity index (χ1v) is 8.45. The summed E-state index contributed by atoms with van der Waals surface area (Å²) in [5.74, 6) is -0.501. The van der Waals surface area contributed by atoms with Gasteiger partial charge in [0.25, 0.3) is 5.91 Å². The van der Waals surface area contributed by atoms with Gasteiger partial charge < -0.3 is 14.2 Å². The van der Waals surface area contributed by atoms with Crippen LogP contribution in [0, 0.1) is 0 Å². The molecule has 1 aliphatic heterocycles. The van der Waals surface area contributed by atoms with Gasteiger partial charge in [-0.05, 0) is 37.1 Å². The number of benzene rings is 1. The van der Waals surface area contributed by atoms with Crippen molar-refractivity contribution in [3.63, 3.8) is 0 Å². The fourth-order valence-corrected chi connectivity index (χ4v) is 4.43. The molecule has 1 heterocycles. The molecule has 23 heavy (non-hydrogen) atoms. The molecule has 0 aromatic heterocycles. The highest BCUT2D eigenvalue weighted by Gasteiger charge is 2.52. The lowest BCUT2D eigenvalue weighted by Crippen LogP contribution is -2.54. The first-order valence-electron chi connectivity index (χ1n) is 6.96. The van der Waals surface area contributed by atoms with E-state index in [0.29, 0.717) is 5.75 Å². The summed E-state index contributed by atoms with van der Waals surface area (Å²) in [6.07, 6.45) is -0.0483. The van der Waals surface area contributed by atoms with E-state index in [2.05, 4.69) is 0 Å². The molecule has 1 saturated heterocycles. The van der Waals surface area contributed by atoms with Crippen molar-refractivity contribution in [3.05, 3.63) is 24.3 Å². The monoisotopic (exact) mass is 345 g/mol. The van der Waals surface area contributed by atoms with E-state index in [4.69, 9.17) is 19.4 Å². The van der Waals surface area contributed by atoms with Gasteiger partial charge in [0.05, 0.1) is 4.90 Å². The number of sulfone groups is 1. The van der Waals surface area contributed by atoms with E-state index in [1.54, 1.807) is 0 Å². The summed E-state index contributed by atoms with van der Waals surface area (Å²) in [5, 5.41) is 8.97. The zero-order valence-electron chi connectivity index (χ0n) is 12.6. The predicted octanol–water partition coefficient (Wildman–Crippen LogP) is 0.498. The average molecular weight is 345 g/mol. The number of carbonyl (C=O) groups excluding carboxylic acids is 1. The minimum atomic E-state index is -4.01. The van der Waals surface area contributed by atoms with Crippen LogP contribution in [0.25, 0.3) is 0 Å². The van der Waals surface area contributed by atoms with Gasteiger partial charge in [-0.15, -0.1) is 0 Å². The number of nitrogens with one attached hydrogen (secondary N) is 1. The number of rotatable bonds is 6. The van der Waals surface area contributed by atoms with Crippen LogP contribution in [-0.2, 0) is 24.1 Å². The van der Waals surface area contributed by atoms with Crippen LogP contribution in [0.4, 0.5) is 0 Å². The molecule has 1 aromatic rings. The summed E-state index contributed by atoms with van der Waals surface area (Å²) in [4.78, 5) is 12.1. The zero-order chi connectivity index (χ0) is 16.9. The van der Waals surface area contributed by atoms with E-state index in [1.165, 1.54) is 36.9 Å². The van der Waals surface area contributed by atoms with Gasteiger partial charge >= 0.3 is 0 Å². The number of hydrogen-bond acceptors (Lipinski definition) is 7. The van der Waals surface area contributed by atoms with Crippen LogP contribution in [0.15, 0.2) is 29.2 Å². The van der Waals surface area contributed by atoms with E-state index in [-0.39, 0.29) is 37.7 Å². The molecule has 0 bridgehead atoms. The predicted molar refractivity (Wildman–Crippen MR) is 78.8 cm³/mol. The fraction of sp³-hybridized carbons (Fsp3) is 0.500. The summed E-state index contributed by atoms with van der Waals surface area (Å²) in [6, 6.07) is 5.69. The first kappa shape index (κ1) is 17.7. The van der Waals surface area contributed by atoms with Gasteiger partial charge in [-0.3, -0.25) is 10.0 Å². The van der Waals surface area contributed by atoms with Gasteiger partial charge in [-0.2, -0.15) is 0 Å². The normalized spacial score (nSPS) is 17.5. The van der Waals surface area contributed by atoms with Crippen LogP contribution in [-0.4, -0.2) is 51.4 Å². The zero-order valence-corrected chi connectivity index (χ0v) is 13.5. The molecule has 128 valence electrons. The van der Waals surface area contributed by atoms with E-state index in [1.807, 2.05) is 0 Å². The van der Waals surface area contributed by atoms with Crippen molar-refractivity contribution in [1.82, 2.24) is 5.48 Å². The molecule has 0 atom stereocenters. The molecule has 0 radical (unpaired) electrons. The van der Waals surface area contributed by atoms with Crippen molar-refractivity contribution >= 4 is 15.7 Å². The van der Waals surface area contributed by atoms with Gasteiger partial charge in [0.2, 0.25) is 0 Å². The van der Waals surface area contributed by atoms with Crippen LogP contribution in [0.2, 0.25) is 0 Å². The quantitative estimate of drug-likeness (QED) is 0.439. The molecular formula is C14H19NO7S. The summed E-state index contributed by atoms with van der Waals surface area (Å²) >= 11 is 0. The molecule has 0 saturated carbocycles. The Kier molecular flexibility index (Phi) is 5.58. The van der Waals surface area contributed by atoms with Crippen LogP contribution in [0.3, 0.4) is 0 Å². The Bertz CT molecular complexity index is 636. The van der Waals surface area contributed by atoms with Crippen molar-refractivity contribution in [1.29, 1.82) is 0 Å². The van der Waals surface area contributed by atoms with Gasteiger partial charge in [-0.25, -0.2) is 13.9 Å². The maximum absolute atomic E-state index is 12.9. The number of methoxy groups -OCH3 is 1. The molecule has 0 unspecified atom stereocenters. The topological polar surface area (TPSA) is 111 Å². The molecule has 1 aliphatic rings. The third-order valence-electron chi connectivity index (χ3n) is 3.81. The Hall–Kier alpha value is -1.68. The summed E-state index contributed by atoms with van der Waals surface area (Å²) in [7, 11) is -2.54. The number of ether oxygens (including phenoxy) is 3. The van der Waals surface area contributed by atoms with Crippen molar-refractivity contribution in [2.45, 2.75) is 22.5 Å². The van der Waals surface area contributed by atoms with Gasteiger partial charge in [0.1, 0.15) is 5.75 Å². The van der Waals surface area contributed by atoms with Gasteiger partial charge in [-0.1, -0.05) is 0 Å². The maximum Gasteiger partial charge on any atom is 0.265 e. The fourth-order valence-electron chi connectivity index (χ4n) is 2.49. The summed E-state index contributed by atoms with van der Waals surface area (Å²) in [6.45, 7) is 0.295. The van der Waals surface area contributed by atoms with Crippen LogP contribution in [0.1, 0.15) is 12.8 Å². The van der Waals surface area contributed by atoms with Crippen LogP contribution >= 0.6 is 0 Å². The van der Waals surface area contributed by atoms with Crippen molar-refractivity contribution in [3.8, 4) is 5.75 Å². The maximum atomic E-state index is 12.9. The van der Waals surface area contributed by atoms with Gasteiger partial charge in [0, 0.05) is 20.3 Å². The van der Waals surface area contributed by atoms with Crippen molar-refractivity contribution in [2.24, 2.45) is 0 Å². The number of hydroxylamine groups is 1. The average Bonchev–Trinajstić information content (AvgIpc) is 2.60. The van der Waals surface area contributed by atoms with Crippen molar-refractivity contribution < 1.29 is 32.6 Å². The minimum Gasteiger partial charge on any atom is -0.468 e. The van der Waals surface area contributed by atoms with Crippen LogP contribution in [0.5, 0.6) is 5.75 Å². The second-order valence-corrected chi connectivity index (χ2v) is 7.33. The van der Waals surface area contributed by atoms with E-state index < -0.39 is 20.5 Å². The SMILES string of the molecule is COCOc1ccc(S(=O)(=O)C2(C(=O)NO)CCOCC2)cc1. The summed E-state index contributed by atoms with van der Waals surface area (Å²) in [5.41, 5.74) is 1.48. The second-order valence-electron chi connectivity index (χ2n) is 5.07. The van der Waals surface area contributed by atoms with Crippen LogP contribution < -0.4 is 10.2 Å². The number of hydrogen-bond donors (Lipinski definition) is 2. The molecule has 1 amide bonds. The number of amides is 1. The van der Waals surface area contributed by atoms with E-state index in [9.17, 15) is 13.2 Å². The smallest absolute Gasteiger partial charge is 0.265 e. The second kappa shape index (κ2) is 7.26. The molecule has 0 spiro atoms. The van der Waals surface area contributed by atoms with E-state index in [0.717, 1.165) is 0 Å². The third kappa shape index (κ3) is 3.32. The first-order chi connectivity index (χ1) is 11.0. The highest BCUT2D eigenvalue weighted by atomic mass is 32.2. The largest absolute Gasteiger partial charge is 0.468 e. The molecule has 2 N–H and O–H groups in total. The molecule has 2 rings (SSSR count). The lowest BCUT2D eigenvalue weighted by Gasteiger charge is -2.34. The van der Waals surface area contributed by atoms with Crippen molar-refractivity contribution in [2.75, 3.05) is 27.1 Å². The number of carbonyl (C=O) groups is 1. The third-order valence-corrected chi connectivity index (χ3v) is 6.32. The Labute approximate surface area is 134 Å². The lowest BCUT2D eigenvalue weighted by molar-refractivity contribution is -0.134. The van der Waals surface area contributed by atoms with Gasteiger partial charge in [0.15, 0.2) is 21.4 Å². The molecule has 8 nitrogen and oxygen atoms in total. The highest BCUT2D eigenvalue weighted by molar-refractivity contribution is 7.93. The molecule has 9 heteroatoms. The Morgan fingerprint density at radius 3 is 2.43 bits per heavy atom. The Balaban J connectivity index is 2.36. The molecular weight excluding hydrogens is 326 g/mol. The molecule has 0 aliphatic carbocycles. The standard InChI is InChI=1S/C14H19NO7S/c1-20-10-22-11-2-4-12(5-3-11)23(18,19)14(13(16)15-17)6-8-21-9-7-14/h2-5,17H,6-10H2,1H3,(H,15,16). The van der Waals surface area contributed by atoms with E-state index >= 15 is 0 Å². The Morgan fingerprint density at radius 2 is 1.91 bits per heavy atom. The lowest BCUT2D eigenvalue weighted by atomic mass is 9.98. The highest BCUT2D eigenvalue weighted by Crippen LogP contribution is 2.35. The summed E-state index contributed by atoms with van der Waals surface area (Å²) < 4.78 is 39.3. The minimum absolute atomic E-state index is 0.0206.